The standard InChI is InChI=1S/C22H27N3O4S/c1-22(2,3)21-23-18-12-17(30(28)24-9-6-16(14-24)20(26)27)4-5-19(18)25(21)13-15-7-10-29-11-8-15/h4-6,9,12,14-15H,7-8,10-11,13H2,1-3H3,(H,26,27). The summed E-state index contributed by atoms with van der Waals surface area (Å²) in [6.45, 7) is 8.97. The highest BCUT2D eigenvalue weighted by Gasteiger charge is 2.26. The molecule has 0 amide bonds. The Morgan fingerprint density at radius 3 is 2.63 bits per heavy atom. The molecule has 2 aromatic heterocycles. The molecule has 0 bridgehead atoms. The molecule has 1 N–H and O–H groups in total. The monoisotopic (exact) mass is 429 g/mol. The Bertz CT molecular complexity index is 1100. The van der Waals surface area contributed by atoms with Crippen LogP contribution in [0.3, 0.4) is 0 Å². The number of fused-ring (bicyclic) bond motifs is 1. The Labute approximate surface area is 178 Å². The lowest BCUT2D eigenvalue weighted by Crippen LogP contribution is -2.25. The van der Waals surface area contributed by atoms with Crippen molar-refractivity contribution in [2.75, 3.05) is 13.2 Å². The topological polar surface area (TPSA) is 86.4 Å². The first-order chi connectivity index (χ1) is 14.2. The lowest BCUT2D eigenvalue weighted by molar-refractivity contribution is 0.0611. The second-order valence-corrected chi connectivity index (χ2v) is 10.2. The highest BCUT2D eigenvalue weighted by Crippen LogP contribution is 2.30. The molecule has 0 radical (unpaired) electrons. The van der Waals surface area contributed by atoms with E-state index >= 15 is 0 Å². The third-order valence-corrected chi connectivity index (χ3v) is 6.75. The number of hydrogen-bond acceptors (Lipinski definition) is 4. The molecule has 1 unspecified atom stereocenters. The fourth-order valence-corrected chi connectivity index (χ4v) is 4.91. The molecular formula is C22H27N3O4S. The summed E-state index contributed by atoms with van der Waals surface area (Å²) in [7, 11) is -1.54. The van der Waals surface area contributed by atoms with Gasteiger partial charge in [0.05, 0.1) is 21.5 Å². The number of ether oxygens (including phenoxy) is 1. The smallest absolute Gasteiger partial charge is 0.337 e. The van der Waals surface area contributed by atoms with Crippen molar-refractivity contribution in [2.24, 2.45) is 5.92 Å². The number of nitrogens with zero attached hydrogens (tertiary/aromatic N) is 3. The SMILES string of the molecule is CC(C)(C)c1nc2cc(S(=O)n3ccc(C(=O)O)c3)ccc2n1CC1CCOCC1. The van der Waals surface area contributed by atoms with Gasteiger partial charge in [-0.1, -0.05) is 20.8 Å². The zero-order valence-corrected chi connectivity index (χ0v) is 18.3. The van der Waals surface area contributed by atoms with E-state index in [-0.39, 0.29) is 11.0 Å². The van der Waals surface area contributed by atoms with Gasteiger partial charge in [-0.05, 0) is 43.0 Å². The summed E-state index contributed by atoms with van der Waals surface area (Å²) >= 11 is 0. The number of rotatable bonds is 5. The molecule has 7 nitrogen and oxygen atoms in total. The second kappa shape index (κ2) is 8.00. The van der Waals surface area contributed by atoms with Crippen LogP contribution in [-0.4, -0.2) is 42.0 Å². The zero-order chi connectivity index (χ0) is 21.5. The first-order valence-corrected chi connectivity index (χ1v) is 11.3. The third-order valence-electron chi connectivity index (χ3n) is 5.48. The van der Waals surface area contributed by atoms with Crippen LogP contribution >= 0.6 is 0 Å². The zero-order valence-electron chi connectivity index (χ0n) is 17.5. The summed E-state index contributed by atoms with van der Waals surface area (Å²) in [4.78, 5) is 16.6. The van der Waals surface area contributed by atoms with Crippen molar-refractivity contribution in [3.05, 3.63) is 48.0 Å². The van der Waals surface area contributed by atoms with E-state index in [1.807, 2.05) is 18.2 Å². The molecule has 1 aliphatic rings. The van der Waals surface area contributed by atoms with Gasteiger partial charge in [-0.15, -0.1) is 0 Å². The molecule has 1 aromatic carbocycles. The molecule has 3 heterocycles. The Morgan fingerprint density at radius 1 is 1.27 bits per heavy atom. The number of carboxylic acids is 1. The maximum Gasteiger partial charge on any atom is 0.337 e. The van der Waals surface area contributed by atoms with Crippen LogP contribution in [0.2, 0.25) is 0 Å². The first-order valence-electron chi connectivity index (χ1n) is 10.2. The summed E-state index contributed by atoms with van der Waals surface area (Å²) in [5, 5.41) is 9.10. The van der Waals surface area contributed by atoms with Crippen LogP contribution in [0.25, 0.3) is 11.0 Å². The number of carboxylic acid groups (broad SMARTS) is 1. The molecule has 30 heavy (non-hydrogen) atoms. The third kappa shape index (κ3) is 4.06. The van der Waals surface area contributed by atoms with E-state index in [9.17, 15) is 9.00 Å². The quantitative estimate of drug-likeness (QED) is 0.666. The van der Waals surface area contributed by atoms with Gasteiger partial charge in [0.1, 0.15) is 5.82 Å². The van der Waals surface area contributed by atoms with Crippen molar-refractivity contribution in [3.63, 3.8) is 0 Å². The van der Waals surface area contributed by atoms with E-state index in [1.54, 1.807) is 0 Å². The number of aromatic carboxylic acids is 1. The highest BCUT2D eigenvalue weighted by molar-refractivity contribution is 7.83. The van der Waals surface area contributed by atoms with Crippen molar-refractivity contribution in [1.82, 2.24) is 13.5 Å². The van der Waals surface area contributed by atoms with Crippen molar-refractivity contribution in [1.29, 1.82) is 0 Å². The molecular weight excluding hydrogens is 402 g/mol. The Balaban J connectivity index is 1.71. The van der Waals surface area contributed by atoms with Gasteiger partial charge in [-0.2, -0.15) is 0 Å². The van der Waals surface area contributed by atoms with Crippen LogP contribution in [0.5, 0.6) is 0 Å². The lowest BCUT2D eigenvalue weighted by atomic mass is 9.94. The molecule has 1 aliphatic heterocycles. The van der Waals surface area contributed by atoms with Gasteiger partial charge in [0.15, 0.2) is 11.0 Å². The maximum absolute atomic E-state index is 13.0. The number of carbonyl (C=O) groups is 1. The van der Waals surface area contributed by atoms with Gasteiger partial charge in [0, 0.05) is 37.6 Å². The van der Waals surface area contributed by atoms with Gasteiger partial charge in [0.25, 0.3) is 0 Å². The van der Waals surface area contributed by atoms with Crippen LogP contribution in [0, 0.1) is 5.92 Å². The Morgan fingerprint density at radius 2 is 2.00 bits per heavy atom. The van der Waals surface area contributed by atoms with E-state index in [2.05, 4.69) is 25.3 Å². The number of benzene rings is 1. The van der Waals surface area contributed by atoms with E-state index < -0.39 is 17.0 Å². The minimum absolute atomic E-state index is 0.111. The fraction of sp³-hybridized carbons (Fsp3) is 0.455. The predicted octanol–water partition coefficient (Wildman–Crippen LogP) is 3.83. The molecule has 8 heteroatoms. The Hall–Kier alpha value is -2.45. The molecule has 0 spiro atoms. The Kier molecular flexibility index (Phi) is 5.55. The van der Waals surface area contributed by atoms with Gasteiger partial charge < -0.3 is 14.4 Å². The fourth-order valence-electron chi connectivity index (χ4n) is 3.89. The molecule has 1 fully saturated rings. The molecule has 160 valence electrons. The van der Waals surface area contributed by atoms with E-state index in [0.717, 1.165) is 49.5 Å². The molecule has 4 rings (SSSR count). The molecule has 1 saturated heterocycles. The van der Waals surface area contributed by atoms with Gasteiger partial charge in [-0.25, -0.2) is 14.0 Å². The normalized spacial score (nSPS) is 16.8. The minimum Gasteiger partial charge on any atom is -0.478 e. The summed E-state index contributed by atoms with van der Waals surface area (Å²) in [6.07, 6.45) is 5.00. The largest absolute Gasteiger partial charge is 0.478 e. The summed E-state index contributed by atoms with van der Waals surface area (Å²) in [6, 6.07) is 7.11. The van der Waals surface area contributed by atoms with Crippen molar-refractivity contribution in [3.8, 4) is 0 Å². The predicted molar refractivity (Wildman–Crippen MR) is 115 cm³/mol. The lowest BCUT2D eigenvalue weighted by Gasteiger charge is -2.26. The van der Waals surface area contributed by atoms with Gasteiger partial charge >= 0.3 is 5.97 Å². The number of imidazole rings is 1. The second-order valence-electron chi connectivity index (χ2n) is 8.82. The van der Waals surface area contributed by atoms with E-state index in [0.29, 0.717) is 10.8 Å². The first kappa shape index (κ1) is 20.8. The molecule has 0 saturated carbocycles. The average Bonchev–Trinajstić information content (AvgIpc) is 3.33. The number of hydrogen-bond donors (Lipinski definition) is 1. The minimum atomic E-state index is -1.54. The summed E-state index contributed by atoms with van der Waals surface area (Å²) in [5.74, 6) is 0.532. The highest BCUT2D eigenvalue weighted by atomic mass is 32.2. The average molecular weight is 430 g/mol. The summed E-state index contributed by atoms with van der Waals surface area (Å²) in [5.41, 5.74) is 1.83. The van der Waals surface area contributed by atoms with Crippen molar-refractivity contribution in [2.45, 2.75) is 50.5 Å². The van der Waals surface area contributed by atoms with Crippen molar-refractivity contribution >= 4 is 28.0 Å². The van der Waals surface area contributed by atoms with Crippen molar-refractivity contribution < 1.29 is 18.8 Å². The van der Waals surface area contributed by atoms with Crippen LogP contribution in [-0.2, 0) is 27.7 Å². The maximum atomic E-state index is 13.0. The molecule has 3 aromatic rings. The number of aromatic nitrogens is 3. The van der Waals surface area contributed by atoms with Crippen LogP contribution < -0.4 is 0 Å². The summed E-state index contributed by atoms with van der Waals surface area (Å²) < 4.78 is 22.2. The molecule has 1 atom stereocenters. The van der Waals surface area contributed by atoms with Crippen LogP contribution in [0.15, 0.2) is 41.6 Å². The van der Waals surface area contributed by atoms with Gasteiger partial charge in [0.2, 0.25) is 0 Å². The van der Waals surface area contributed by atoms with Crippen LogP contribution in [0.4, 0.5) is 0 Å². The van der Waals surface area contributed by atoms with E-state index in [4.69, 9.17) is 14.8 Å². The van der Waals surface area contributed by atoms with Gasteiger partial charge in [-0.3, -0.25) is 3.97 Å². The van der Waals surface area contributed by atoms with E-state index in [1.165, 1.54) is 22.4 Å². The van der Waals surface area contributed by atoms with Crippen LogP contribution in [0.1, 0.15) is 49.8 Å². The molecule has 0 aliphatic carbocycles.